The van der Waals surface area contributed by atoms with Crippen molar-refractivity contribution >= 4 is 17.1 Å². The van der Waals surface area contributed by atoms with Crippen LogP contribution in [0.3, 0.4) is 0 Å². The normalized spacial score (nSPS) is 9.83. The Labute approximate surface area is 76.7 Å². The molecule has 0 aliphatic rings. The summed E-state index contributed by atoms with van der Waals surface area (Å²) in [7, 11) is 0. The van der Waals surface area contributed by atoms with Crippen molar-refractivity contribution in [3.05, 3.63) is 28.5 Å². The van der Waals surface area contributed by atoms with Crippen molar-refractivity contribution in [3.63, 3.8) is 0 Å². The SMILES string of the molecule is C=C(OCC)c1cc(CN)cs1. The van der Waals surface area contributed by atoms with Crippen molar-refractivity contribution in [1.29, 1.82) is 0 Å². The molecule has 0 aromatic carbocycles. The average molecular weight is 183 g/mol. The summed E-state index contributed by atoms with van der Waals surface area (Å²) in [6, 6.07) is 2.02. The molecule has 1 rings (SSSR count). The maximum atomic E-state index is 5.47. The highest BCUT2D eigenvalue weighted by molar-refractivity contribution is 7.11. The van der Waals surface area contributed by atoms with Gasteiger partial charge in [-0.3, -0.25) is 0 Å². The zero-order valence-corrected chi connectivity index (χ0v) is 7.99. The molecule has 0 radical (unpaired) electrons. The highest BCUT2D eigenvalue weighted by atomic mass is 32.1. The second-order valence-electron chi connectivity index (χ2n) is 2.38. The van der Waals surface area contributed by atoms with E-state index in [1.54, 1.807) is 11.3 Å². The lowest BCUT2D eigenvalue weighted by Crippen LogP contribution is -1.93. The van der Waals surface area contributed by atoms with Gasteiger partial charge in [0.25, 0.3) is 0 Å². The summed E-state index contributed by atoms with van der Waals surface area (Å²) in [5.74, 6) is 0.738. The number of ether oxygens (including phenoxy) is 1. The van der Waals surface area contributed by atoms with E-state index in [0.717, 1.165) is 16.2 Å². The molecule has 3 heteroatoms. The summed E-state index contributed by atoms with van der Waals surface area (Å²) in [5, 5.41) is 2.03. The Hall–Kier alpha value is -0.800. The quantitative estimate of drug-likeness (QED) is 0.726. The van der Waals surface area contributed by atoms with Crippen LogP contribution in [-0.4, -0.2) is 6.61 Å². The molecule has 0 spiro atoms. The van der Waals surface area contributed by atoms with Gasteiger partial charge in [-0.05, 0) is 23.9 Å². The van der Waals surface area contributed by atoms with Crippen molar-refractivity contribution < 1.29 is 4.74 Å². The second kappa shape index (κ2) is 4.28. The van der Waals surface area contributed by atoms with Crippen LogP contribution >= 0.6 is 11.3 Å². The van der Waals surface area contributed by atoms with Crippen LogP contribution in [0.2, 0.25) is 0 Å². The smallest absolute Gasteiger partial charge is 0.129 e. The highest BCUT2D eigenvalue weighted by Gasteiger charge is 2.02. The first kappa shape index (κ1) is 9.29. The summed E-state index contributed by atoms with van der Waals surface area (Å²) in [6.45, 7) is 7.00. The minimum atomic E-state index is 0.579. The molecule has 1 aromatic rings. The Kier molecular flexibility index (Phi) is 3.31. The van der Waals surface area contributed by atoms with E-state index < -0.39 is 0 Å². The van der Waals surface area contributed by atoms with Gasteiger partial charge >= 0.3 is 0 Å². The van der Waals surface area contributed by atoms with Gasteiger partial charge < -0.3 is 10.5 Å². The van der Waals surface area contributed by atoms with Gasteiger partial charge in [0.05, 0.1) is 11.5 Å². The molecule has 0 atom stereocenters. The van der Waals surface area contributed by atoms with Crippen molar-refractivity contribution in [2.45, 2.75) is 13.5 Å². The summed E-state index contributed by atoms with van der Waals surface area (Å²) in [4.78, 5) is 1.07. The summed E-state index contributed by atoms with van der Waals surface area (Å²) in [5.41, 5.74) is 6.61. The zero-order chi connectivity index (χ0) is 8.97. The van der Waals surface area contributed by atoms with Crippen LogP contribution in [0.1, 0.15) is 17.4 Å². The van der Waals surface area contributed by atoms with Crippen LogP contribution in [0, 0.1) is 0 Å². The largest absolute Gasteiger partial charge is 0.493 e. The molecule has 2 N–H and O–H groups in total. The van der Waals surface area contributed by atoms with E-state index in [1.165, 1.54) is 0 Å². The molecule has 0 aliphatic heterocycles. The molecule has 1 heterocycles. The number of hydrogen-bond acceptors (Lipinski definition) is 3. The first-order valence-electron chi connectivity index (χ1n) is 3.87. The molecule has 0 bridgehead atoms. The number of thiophene rings is 1. The lowest BCUT2D eigenvalue weighted by molar-refractivity contribution is 0.300. The van der Waals surface area contributed by atoms with Gasteiger partial charge in [-0.25, -0.2) is 0 Å². The predicted octanol–water partition coefficient (Wildman–Crippen LogP) is 2.21. The van der Waals surface area contributed by atoms with Gasteiger partial charge in [0.15, 0.2) is 0 Å². The van der Waals surface area contributed by atoms with E-state index in [4.69, 9.17) is 10.5 Å². The van der Waals surface area contributed by atoms with Crippen LogP contribution in [0.5, 0.6) is 0 Å². The minimum Gasteiger partial charge on any atom is -0.493 e. The van der Waals surface area contributed by atoms with E-state index in [2.05, 4.69) is 6.58 Å². The van der Waals surface area contributed by atoms with Gasteiger partial charge in [-0.1, -0.05) is 6.58 Å². The van der Waals surface area contributed by atoms with Gasteiger partial charge in [0, 0.05) is 6.54 Å². The molecule has 0 saturated carbocycles. The average Bonchev–Trinajstić information content (AvgIpc) is 2.52. The summed E-state index contributed by atoms with van der Waals surface area (Å²) in [6.07, 6.45) is 0. The van der Waals surface area contributed by atoms with Crippen LogP contribution in [0.25, 0.3) is 5.76 Å². The standard InChI is InChI=1S/C9H13NOS/c1-3-11-7(2)9-4-8(5-10)6-12-9/h4,6H,2-3,5,10H2,1H3. The van der Waals surface area contributed by atoms with Crippen LogP contribution < -0.4 is 5.73 Å². The fourth-order valence-corrected chi connectivity index (χ4v) is 1.73. The molecule has 12 heavy (non-hydrogen) atoms. The van der Waals surface area contributed by atoms with Gasteiger partial charge in [0.2, 0.25) is 0 Å². The maximum absolute atomic E-state index is 5.47. The molecule has 0 saturated heterocycles. The molecular formula is C9H13NOS. The Bertz CT molecular complexity index is 267. The van der Waals surface area contributed by atoms with Crippen molar-refractivity contribution in [3.8, 4) is 0 Å². The molecule has 0 fully saturated rings. The zero-order valence-electron chi connectivity index (χ0n) is 7.17. The minimum absolute atomic E-state index is 0.579. The number of nitrogens with two attached hydrogens (primary N) is 1. The van der Waals surface area contributed by atoms with Crippen LogP contribution in [-0.2, 0) is 11.3 Å². The molecule has 0 unspecified atom stereocenters. The molecule has 2 nitrogen and oxygen atoms in total. The third kappa shape index (κ3) is 2.09. The predicted molar refractivity (Wildman–Crippen MR) is 52.9 cm³/mol. The van der Waals surface area contributed by atoms with Gasteiger partial charge in [-0.2, -0.15) is 0 Å². The Morgan fingerprint density at radius 2 is 2.50 bits per heavy atom. The Morgan fingerprint density at radius 1 is 1.75 bits per heavy atom. The van der Waals surface area contributed by atoms with E-state index >= 15 is 0 Å². The van der Waals surface area contributed by atoms with E-state index in [-0.39, 0.29) is 0 Å². The summed E-state index contributed by atoms with van der Waals surface area (Å²) < 4.78 is 5.26. The summed E-state index contributed by atoms with van der Waals surface area (Å²) >= 11 is 1.62. The highest BCUT2D eigenvalue weighted by Crippen LogP contribution is 2.22. The van der Waals surface area contributed by atoms with Gasteiger partial charge in [-0.15, -0.1) is 11.3 Å². The monoisotopic (exact) mass is 183 g/mol. The van der Waals surface area contributed by atoms with Crippen molar-refractivity contribution in [2.24, 2.45) is 5.73 Å². The number of hydrogen-bond donors (Lipinski definition) is 1. The lowest BCUT2D eigenvalue weighted by Gasteiger charge is -2.02. The van der Waals surface area contributed by atoms with Crippen LogP contribution in [0.15, 0.2) is 18.0 Å². The van der Waals surface area contributed by atoms with Gasteiger partial charge in [0.1, 0.15) is 5.76 Å². The third-order valence-corrected chi connectivity index (χ3v) is 2.50. The topological polar surface area (TPSA) is 35.2 Å². The molecular weight excluding hydrogens is 170 g/mol. The first-order valence-corrected chi connectivity index (χ1v) is 4.75. The maximum Gasteiger partial charge on any atom is 0.129 e. The third-order valence-electron chi connectivity index (χ3n) is 1.48. The molecule has 0 aliphatic carbocycles. The molecule has 0 amide bonds. The molecule has 1 aromatic heterocycles. The Balaban J connectivity index is 2.68. The van der Waals surface area contributed by atoms with Crippen molar-refractivity contribution in [1.82, 2.24) is 0 Å². The number of rotatable bonds is 4. The second-order valence-corrected chi connectivity index (χ2v) is 3.29. The van der Waals surface area contributed by atoms with E-state index in [1.807, 2.05) is 18.4 Å². The lowest BCUT2D eigenvalue weighted by atomic mass is 10.3. The van der Waals surface area contributed by atoms with Crippen molar-refractivity contribution in [2.75, 3.05) is 6.61 Å². The Morgan fingerprint density at radius 3 is 3.00 bits per heavy atom. The van der Waals surface area contributed by atoms with Crippen LogP contribution in [0.4, 0.5) is 0 Å². The molecule has 66 valence electrons. The fraction of sp³-hybridized carbons (Fsp3) is 0.333. The first-order chi connectivity index (χ1) is 5.77. The fourth-order valence-electron chi connectivity index (χ4n) is 0.874. The van der Waals surface area contributed by atoms with E-state index in [9.17, 15) is 0 Å². The van der Waals surface area contributed by atoms with E-state index in [0.29, 0.717) is 13.2 Å².